The Hall–Kier alpha value is -2.07. The summed E-state index contributed by atoms with van der Waals surface area (Å²) in [6.45, 7) is 4.48. The van der Waals surface area contributed by atoms with Gasteiger partial charge in [-0.15, -0.1) is 0 Å². The normalized spacial score (nSPS) is 12.1. The topological polar surface area (TPSA) is 56.3 Å². The van der Waals surface area contributed by atoms with Crippen molar-refractivity contribution >= 4 is 5.91 Å². The van der Waals surface area contributed by atoms with Crippen LogP contribution < -0.4 is 0 Å². The lowest BCUT2D eigenvalue weighted by molar-refractivity contribution is 0.0558. The first-order chi connectivity index (χ1) is 10.2. The number of H-pyrrole nitrogens is 1. The van der Waals surface area contributed by atoms with Crippen molar-refractivity contribution in [2.75, 3.05) is 6.61 Å². The van der Waals surface area contributed by atoms with Crippen molar-refractivity contribution in [3.8, 4) is 0 Å². The van der Waals surface area contributed by atoms with Crippen LogP contribution >= 0.6 is 0 Å². The summed E-state index contributed by atoms with van der Waals surface area (Å²) in [7, 11) is 0. The Morgan fingerprint density at radius 2 is 2.05 bits per heavy atom. The number of rotatable bonds is 6. The highest BCUT2D eigenvalue weighted by molar-refractivity contribution is 5.92. The van der Waals surface area contributed by atoms with Gasteiger partial charge in [-0.05, 0) is 36.6 Å². The molecule has 1 aromatic carbocycles. The van der Waals surface area contributed by atoms with Gasteiger partial charge in [0.15, 0.2) is 0 Å². The summed E-state index contributed by atoms with van der Waals surface area (Å²) in [6, 6.07) is 11.4. The number of aliphatic hydroxyl groups is 1. The number of carbonyl (C=O) groups excluding carboxylic acids is 1. The number of aryl methyl sites for hydroxylation is 1. The first-order valence-electron chi connectivity index (χ1n) is 7.27. The van der Waals surface area contributed by atoms with E-state index in [2.05, 4.69) is 4.98 Å². The van der Waals surface area contributed by atoms with Crippen LogP contribution in [0.4, 0.5) is 0 Å². The van der Waals surface area contributed by atoms with Crippen LogP contribution in [-0.4, -0.2) is 33.5 Å². The van der Waals surface area contributed by atoms with Gasteiger partial charge in [0.1, 0.15) is 5.69 Å². The molecule has 2 N–H and O–H groups in total. The van der Waals surface area contributed by atoms with E-state index in [1.165, 1.54) is 0 Å². The van der Waals surface area contributed by atoms with Crippen molar-refractivity contribution in [3.05, 3.63) is 59.4 Å². The van der Waals surface area contributed by atoms with E-state index in [-0.39, 0.29) is 18.6 Å². The SMILES string of the molecule is CCC(CO)N(Cc1ccccc1C)C(=O)c1ccc[nH]1. The first kappa shape index (κ1) is 15.3. The molecule has 1 atom stereocenters. The minimum Gasteiger partial charge on any atom is -0.394 e. The molecule has 0 radical (unpaired) electrons. The molecule has 0 aliphatic rings. The Morgan fingerprint density at radius 3 is 2.62 bits per heavy atom. The fraction of sp³-hybridized carbons (Fsp3) is 0.353. The van der Waals surface area contributed by atoms with Crippen LogP contribution in [-0.2, 0) is 6.54 Å². The van der Waals surface area contributed by atoms with Crippen molar-refractivity contribution in [1.82, 2.24) is 9.88 Å². The summed E-state index contributed by atoms with van der Waals surface area (Å²) in [5.74, 6) is -0.0795. The van der Waals surface area contributed by atoms with Gasteiger partial charge in [-0.1, -0.05) is 31.2 Å². The van der Waals surface area contributed by atoms with E-state index in [0.29, 0.717) is 12.2 Å². The Bertz CT molecular complexity index is 574. The van der Waals surface area contributed by atoms with Crippen LogP contribution in [0.15, 0.2) is 42.6 Å². The summed E-state index contributed by atoms with van der Waals surface area (Å²) in [5.41, 5.74) is 2.80. The Labute approximate surface area is 125 Å². The molecule has 0 saturated heterocycles. The lowest BCUT2D eigenvalue weighted by atomic mass is 10.1. The highest BCUT2D eigenvalue weighted by atomic mass is 16.3. The van der Waals surface area contributed by atoms with Crippen LogP contribution in [0.2, 0.25) is 0 Å². The van der Waals surface area contributed by atoms with Crippen molar-refractivity contribution in [1.29, 1.82) is 0 Å². The zero-order valence-electron chi connectivity index (χ0n) is 12.5. The van der Waals surface area contributed by atoms with Crippen LogP contribution in [0.5, 0.6) is 0 Å². The number of hydrogen-bond donors (Lipinski definition) is 2. The molecular weight excluding hydrogens is 264 g/mol. The number of hydrogen-bond acceptors (Lipinski definition) is 2. The number of benzene rings is 1. The maximum absolute atomic E-state index is 12.7. The second-order valence-electron chi connectivity index (χ2n) is 5.19. The number of carbonyl (C=O) groups is 1. The van der Waals surface area contributed by atoms with E-state index >= 15 is 0 Å². The summed E-state index contributed by atoms with van der Waals surface area (Å²) in [6.07, 6.45) is 2.45. The number of amides is 1. The van der Waals surface area contributed by atoms with Crippen LogP contribution in [0.3, 0.4) is 0 Å². The van der Waals surface area contributed by atoms with Gasteiger partial charge in [-0.3, -0.25) is 4.79 Å². The molecule has 21 heavy (non-hydrogen) atoms. The lowest BCUT2D eigenvalue weighted by Crippen LogP contribution is -2.42. The fourth-order valence-electron chi connectivity index (χ4n) is 2.40. The minimum atomic E-state index is -0.180. The average Bonchev–Trinajstić information content (AvgIpc) is 3.03. The maximum atomic E-state index is 12.7. The summed E-state index contributed by atoms with van der Waals surface area (Å²) in [4.78, 5) is 17.4. The van der Waals surface area contributed by atoms with Gasteiger partial charge in [-0.25, -0.2) is 0 Å². The molecule has 1 heterocycles. The molecule has 2 aromatic rings. The molecule has 4 nitrogen and oxygen atoms in total. The van der Waals surface area contributed by atoms with E-state index < -0.39 is 0 Å². The first-order valence-corrected chi connectivity index (χ1v) is 7.27. The molecule has 0 aliphatic heterocycles. The molecule has 4 heteroatoms. The third-order valence-electron chi connectivity index (χ3n) is 3.81. The molecule has 0 saturated carbocycles. The largest absolute Gasteiger partial charge is 0.394 e. The quantitative estimate of drug-likeness (QED) is 0.858. The van der Waals surface area contributed by atoms with Crippen molar-refractivity contribution in [2.45, 2.75) is 32.9 Å². The van der Waals surface area contributed by atoms with Gasteiger partial charge >= 0.3 is 0 Å². The highest BCUT2D eigenvalue weighted by Crippen LogP contribution is 2.17. The molecule has 0 spiro atoms. The zero-order valence-corrected chi connectivity index (χ0v) is 12.5. The third-order valence-corrected chi connectivity index (χ3v) is 3.81. The minimum absolute atomic E-state index is 0.0329. The molecule has 1 unspecified atom stereocenters. The van der Waals surface area contributed by atoms with Gasteiger partial charge in [-0.2, -0.15) is 0 Å². The molecule has 0 aliphatic carbocycles. The van der Waals surface area contributed by atoms with Crippen LogP contribution in [0, 0.1) is 6.92 Å². The Morgan fingerprint density at radius 1 is 1.29 bits per heavy atom. The second-order valence-corrected chi connectivity index (χ2v) is 5.19. The summed E-state index contributed by atoms with van der Waals surface area (Å²) >= 11 is 0. The van der Waals surface area contributed by atoms with Gasteiger partial charge in [0, 0.05) is 12.7 Å². The van der Waals surface area contributed by atoms with E-state index in [1.807, 2.05) is 38.1 Å². The van der Waals surface area contributed by atoms with E-state index in [0.717, 1.165) is 17.5 Å². The standard InChI is InChI=1S/C17H22N2O2/c1-3-15(12-20)19(17(21)16-9-6-10-18-16)11-14-8-5-4-7-13(14)2/h4-10,15,18,20H,3,11-12H2,1-2H3. The average molecular weight is 286 g/mol. The summed E-state index contributed by atoms with van der Waals surface area (Å²) < 4.78 is 0. The molecule has 1 amide bonds. The van der Waals surface area contributed by atoms with E-state index in [1.54, 1.807) is 23.2 Å². The second kappa shape index (κ2) is 7.09. The predicted molar refractivity (Wildman–Crippen MR) is 83.0 cm³/mol. The molecule has 112 valence electrons. The predicted octanol–water partition coefficient (Wildman–Crippen LogP) is 2.74. The van der Waals surface area contributed by atoms with Crippen LogP contribution in [0.1, 0.15) is 35.0 Å². The number of nitrogens with one attached hydrogen (secondary N) is 1. The number of aromatic nitrogens is 1. The van der Waals surface area contributed by atoms with Crippen molar-refractivity contribution < 1.29 is 9.90 Å². The number of aromatic amines is 1. The van der Waals surface area contributed by atoms with Crippen molar-refractivity contribution in [2.24, 2.45) is 0 Å². The molecule has 1 aromatic heterocycles. The fourth-order valence-corrected chi connectivity index (χ4v) is 2.40. The van der Waals surface area contributed by atoms with Gasteiger partial charge in [0.25, 0.3) is 5.91 Å². The van der Waals surface area contributed by atoms with Crippen LogP contribution in [0.25, 0.3) is 0 Å². The molecular formula is C17H22N2O2. The van der Waals surface area contributed by atoms with Gasteiger partial charge < -0.3 is 15.0 Å². The number of aliphatic hydroxyl groups excluding tert-OH is 1. The van der Waals surface area contributed by atoms with E-state index in [4.69, 9.17) is 0 Å². The molecule has 2 rings (SSSR count). The molecule has 0 bridgehead atoms. The Kier molecular flexibility index (Phi) is 5.17. The zero-order chi connectivity index (χ0) is 15.2. The van der Waals surface area contributed by atoms with Crippen molar-refractivity contribution in [3.63, 3.8) is 0 Å². The monoisotopic (exact) mass is 286 g/mol. The van der Waals surface area contributed by atoms with E-state index in [9.17, 15) is 9.90 Å². The Balaban J connectivity index is 2.28. The number of nitrogens with zero attached hydrogens (tertiary/aromatic N) is 1. The van der Waals surface area contributed by atoms with Gasteiger partial charge in [0.2, 0.25) is 0 Å². The maximum Gasteiger partial charge on any atom is 0.270 e. The smallest absolute Gasteiger partial charge is 0.270 e. The van der Waals surface area contributed by atoms with Gasteiger partial charge in [0.05, 0.1) is 12.6 Å². The summed E-state index contributed by atoms with van der Waals surface area (Å²) in [5, 5.41) is 9.59. The third kappa shape index (κ3) is 3.52. The molecule has 0 fully saturated rings. The highest BCUT2D eigenvalue weighted by Gasteiger charge is 2.24. The lowest BCUT2D eigenvalue weighted by Gasteiger charge is -2.30.